The molecule has 0 unspecified atom stereocenters. The predicted molar refractivity (Wildman–Crippen MR) is 98.9 cm³/mol. The maximum atomic E-state index is 13.8. The van der Waals surface area contributed by atoms with E-state index in [1.807, 2.05) is 0 Å². The summed E-state index contributed by atoms with van der Waals surface area (Å²) >= 11 is 0. The second-order valence-electron chi connectivity index (χ2n) is 7.18. The number of fused-ring (bicyclic) bond motifs is 1. The maximum Gasteiger partial charge on any atom is 0.419 e. The number of hydrogen-bond donors (Lipinski definition) is 0. The lowest BCUT2D eigenvalue weighted by Crippen LogP contribution is -2.40. The Morgan fingerprint density at radius 2 is 1.80 bits per heavy atom. The zero-order valence-corrected chi connectivity index (χ0v) is 16.2. The lowest BCUT2D eigenvalue weighted by Gasteiger charge is -2.33. The van der Waals surface area contributed by atoms with Crippen molar-refractivity contribution in [1.82, 2.24) is 19.4 Å². The van der Waals surface area contributed by atoms with Gasteiger partial charge in [0.25, 0.3) is 11.8 Å². The van der Waals surface area contributed by atoms with Gasteiger partial charge in [-0.05, 0) is 13.0 Å². The summed E-state index contributed by atoms with van der Waals surface area (Å²) in [5, 5.41) is 0. The molecule has 3 aromatic heterocycles. The van der Waals surface area contributed by atoms with E-state index in [1.54, 1.807) is 17.5 Å². The normalized spacial score (nSPS) is 16.8. The molecule has 30 heavy (non-hydrogen) atoms. The number of pyridine rings is 1. The minimum Gasteiger partial charge on any atom is -0.478 e. The van der Waals surface area contributed by atoms with Crippen LogP contribution >= 0.6 is 0 Å². The van der Waals surface area contributed by atoms with E-state index in [9.17, 15) is 22.0 Å². The minimum absolute atomic E-state index is 0.125. The summed E-state index contributed by atoms with van der Waals surface area (Å²) in [4.78, 5) is 13.8. The van der Waals surface area contributed by atoms with Gasteiger partial charge in [0.1, 0.15) is 5.82 Å². The van der Waals surface area contributed by atoms with Crippen LogP contribution in [-0.4, -0.2) is 45.5 Å². The lowest BCUT2D eigenvalue weighted by molar-refractivity contribution is -0.137. The summed E-state index contributed by atoms with van der Waals surface area (Å²) in [6.07, 6.45) is -1.24. The van der Waals surface area contributed by atoms with Gasteiger partial charge in [-0.2, -0.15) is 13.2 Å². The van der Waals surface area contributed by atoms with Crippen molar-refractivity contribution in [3.05, 3.63) is 35.9 Å². The van der Waals surface area contributed by atoms with E-state index in [-0.39, 0.29) is 36.0 Å². The van der Waals surface area contributed by atoms with Crippen molar-refractivity contribution in [2.45, 2.75) is 31.9 Å². The number of aromatic nitrogens is 4. The fourth-order valence-corrected chi connectivity index (χ4v) is 3.47. The third-order valence-corrected chi connectivity index (χ3v) is 4.98. The number of imidazole rings is 1. The number of rotatable bonds is 3. The molecule has 0 amide bonds. The van der Waals surface area contributed by atoms with Crippen molar-refractivity contribution >= 4 is 11.5 Å². The highest BCUT2D eigenvalue weighted by Gasteiger charge is 2.40. The minimum atomic E-state index is -4.71. The van der Waals surface area contributed by atoms with Gasteiger partial charge in [-0.1, -0.05) is 0 Å². The van der Waals surface area contributed by atoms with Gasteiger partial charge < -0.3 is 14.0 Å². The van der Waals surface area contributed by atoms with Crippen LogP contribution < -0.4 is 9.64 Å². The Balaban J connectivity index is 1.78. The Hall–Kier alpha value is -2.98. The molecular weight excluding hydrogens is 409 g/mol. The molecule has 0 atom stereocenters. The van der Waals surface area contributed by atoms with Gasteiger partial charge in [0.05, 0.1) is 24.1 Å². The second-order valence-corrected chi connectivity index (χ2v) is 7.18. The van der Waals surface area contributed by atoms with Crippen molar-refractivity contribution in [2.24, 2.45) is 0 Å². The van der Waals surface area contributed by atoms with Crippen LogP contribution in [-0.2, 0) is 6.18 Å². The SMILES string of the molecule is COc1nc(-c2cnc(N3CCC(F)(F)CC3)c(C(F)(F)F)c2)cn2cc(C)nc12. The van der Waals surface area contributed by atoms with Gasteiger partial charge in [-0.25, -0.2) is 23.7 Å². The highest BCUT2D eigenvalue weighted by Crippen LogP contribution is 2.40. The molecule has 1 aliphatic heterocycles. The number of nitrogens with zero attached hydrogens (tertiary/aromatic N) is 5. The standard InChI is InChI=1S/C19H18F5N5O/c1-11-9-29-10-14(27-17(30-2)16(29)26-11)12-7-13(19(22,23)24)15(25-8-12)28-5-3-18(20,21)4-6-28/h7-10H,3-6H2,1-2H3. The molecule has 4 rings (SSSR count). The summed E-state index contributed by atoms with van der Waals surface area (Å²) in [6.45, 7) is 1.37. The predicted octanol–water partition coefficient (Wildman–Crippen LogP) is 4.36. The first-order chi connectivity index (χ1) is 14.1. The van der Waals surface area contributed by atoms with Gasteiger partial charge >= 0.3 is 6.18 Å². The van der Waals surface area contributed by atoms with Gasteiger partial charge in [0.2, 0.25) is 5.65 Å². The van der Waals surface area contributed by atoms with Gasteiger partial charge in [0, 0.05) is 50.1 Å². The third kappa shape index (κ3) is 3.75. The number of aryl methyl sites for hydroxylation is 1. The molecular formula is C19H18F5N5O. The molecule has 0 saturated carbocycles. The largest absolute Gasteiger partial charge is 0.478 e. The second kappa shape index (κ2) is 7.06. The molecule has 1 saturated heterocycles. The van der Waals surface area contributed by atoms with Gasteiger partial charge in [-0.15, -0.1) is 0 Å². The van der Waals surface area contributed by atoms with E-state index in [1.165, 1.54) is 24.4 Å². The van der Waals surface area contributed by atoms with E-state index >= 15 is 0 Å². The molecule has 4 heterocycles. The lowest BCUT2D eigenvalue weighted by atomic mass is 10.0. The highest BCUT2D eigenvalue weighted by atomic mass is 19.4. The molecule has 11 heteroatoms. The molecule has 0 N–H and O–H groups in total. The average Bonchev–Trinajstić information content (AvgIpc) is 3.06. The summed E-state index contributed by atoms with van der Waals surface area (Å²) in [5.74, 6) is -3.06. The molecule has 0 spiro atoms. The zero-order valence-electron chi connectivity index (χ0n) is 16.2. The van der Waals surface area contributed by atoms with Gasteiger partial charge in [0.15, 0.2) is 0 Å². The van der Waals surface area contributed by atoms with Crippen LogP contribution in [0.2, 0.25) is 0 Å². The van der Waals surface area contributed by atoms with Crippen molar-refractivity contribution in [1.29, 1.82) is 0 Å². The summed E-state index contributed by atoms with van der Waals surface area (Å²) in [7, 11) is 1.39. The Morgan fingerprint density at radius 3 is 2.43 bits per heavy atom. The van der Waals surface area contributed by atoms with Crippen LogP contribution in [0.3, 0.4) is 0 Å². The number of anilines is 1. The third-order valence-electron chi connectivity index (χ3n) is 4.98. The number of methoxy groups -OCH3 is 1. The van der Waals surface area contributed by atoms with Crippen molar-refractivity contribution in [3.63, 3.8) is 0 Å². The Morgan fingerprint density at radius 1 is 1.10 bits per heavy atom. The maximum absolute atomic E-state index is 13.8. The molecule has 3 aromatic rings. The molecule has 0 bridgehead atoms. The fourth-order valence-electron chi connectivity index (χ4n) is 3.47. The first-order valence-electron chi connectivity index (χ1n) is 9.18. The number of halogens is 5. The molecule has 6 nitrogen and oxygen atoms in total. The fraction of sp³-hybridized carbons (Fsp3) is 0.421. The summed E-state index contributed by atoms with van der Waals surface area (Å²) < 4.78 is 75.0. The van der Waals surface area contributed by atoms with E-state index < -0.39 is 30.5 Å². The van der Waals surface area contributed by atoms with Gasteiger partial charge in [-0.3, -0.25) is 0 Å². The van der Waals surface area contributed by atoms with Crippen LogP contribution in [0.5, 0.6) is 5.88 Å². The Kier molecular flexibility index (Phi) is 4.78. The monoisotopic (exact) mass is 427 g/mol. The molecule has 0 aliphatic carbocycles. The molecule has 160 valence electrons. The molecule has 1 fully saturated rings. The van der Waals surface area contributed by atoms with Crippen LogP contribution in [0.25, 0.3) is 16.9 Å². The summed E-state index contributed by atoms with van der Waals surface area (Å²) in [6, 6.07) is 0.937. The van der Waals surface area contributed by atoms with E-state index in [0.29, 0.717) is 11.3 Å². The van der Waals surface area contributed by atoms with Crippen LogP contribution in [0.15, 0.2) is 24.7 Å². The molecule has 1 aliphatic rings. The number of piperidine rings is 1. The number of hydrogen-bond acceptors (Lipinski definition) is 5. The van der Waals surface area contributed by atoms with E-state index in [2.05, 4.69) is 15.0 Å². The number of alkyl halides is 5. The van der Waals surface area contributed by atoms with Crippen LogP contribution in [0.4, 0.5) is 27.8 Å². The van der Waals surface area contributed by atoms with Crippen LogP contribution in [0, 0.1) is 6.92 Å². The zero-order chi connectivity index (χ0) is 21.7. The Labute approximate surface area is 168 Å². The van der Waals surface area contributed by atoms with E-state index in [4.69, 9.17) is 4.74 Å². The topological polar surface area (TPSA) is 55.6 Å². The molecule has 0 radical (unpaired) electrons. The van der Waals surface area contributed by atoms with Crippen molar-refractivity contribution in [3.8, 4) is 17.1 Å². The van der Waals surface area contributed by atoms with E-state index in [0.717, 1.165) is 6.07 Å². The highest BCUT2D eigenvalue weighted by molar-refractivity contribution is 5.66. The van der Waals surface area contributed by atoms with Crippen molar-refractivity contribution in [2.75, 3.05) is 25.1 Å². The van der Waals surface area contributed by atoms with Crippen LogP contribution in [0.1, 0.15) is 24.1 Å². The summed E-state index contributed by atoms with van der Waals surface area (Å²) in [5.41, 5.74) is 0.478. The Bertz CT molecular complexity index is 1080. The quantitative estimate of drug-likeness (QED) is 0.582. The number of ether oxygens (including phenoxy) is 1. The first-order valence-corrected chi connectivity index (χ1v) is 9.18. The molecule has 0 aromatic carbocycles. The van der Waals surface area contributed by atoms with Crippen molar-refractivity contribution < 1.29 is 26.7 Å². The smallest absolute Gasteiger partial charge is 0.419 e. The first kappa shape index (κ1) is 20.3. The average molecular weight is 427 g/mol.